The van der Waals surface area contributed by atoms with Crippen LogP contribution in [0.2, 0.25) is 0 Å². The molecule has 1 aromatic carbocycles. The third kappa shape index (κ3) is 1.47. The zero-order valence-corrected chi connectivity index (χ0v) is 9.15. The van der Waals surface area contributed by atoms with Gasteiger partial charge in [-0.3, -0.25) is 4.79 Å². The second-order valence-electron chi connectivity index (χ2n) is 4.69. The van der Waals surface area contributed by atoms with E-state index < -0.39 is 0 Å². The zero-order valence-electron chi connectivity index (χ0n) is 9.15. The van der Waals surface area contributed by atoms with Crippen molar-refractivity contribution in [3.63, 3.8) is 0 Å². The Labute approximate surface area is 94.7 Å². The lowest BCUT2D eigenvalue weighted by Crippen LogP contribution is -2.51. The number of fused-ring (bicyclic) bond motifs is 1. The summed E-state index contributed by atoms with van der Waals surface area (Å²) < 4.78 is 0. The van der Waals surface area contributed by atoms with Crippen LogP contribution in [0.5, 0.6) is 5.75 Å². The molecule has 16 heavy (non-hydrogen) atoms. The number of phenols is 1. The Morgan fingerprint density at radius 3 is 2.81 bits per heavy atom. The maximum absolute atomic E-state index is 11.4. The average Bonchev–Trinajstić information content (AvgIpc) is 2.27. The molecule has 1 aliphatic heterocycles. The number of carbonyl (C=O) groups is 1. The summed E-state index contributed by atoms with van der Waals surface area (Å²) in [4.78, 5) is 13.4. The molecule has 0 radical (unpaired) electrons. The zero-order chi connectivity index (χ0) is 11.1. The maximum atomic E-state index is 11.4. The van der Waals surface area contributed by atoms with Crippen LogP contribution in [0, 0.1) is 0 Å². The highest BCUT2D eigenvalue weighted by atomic mass is 16.3. The van der Waals surface area contributed by atoms with Crippen molar-refractivity contribution in [2.24, 2.45) is 0 Å². The first-order chi connectivity index (χ1) is 7.74. The standard InChI is InChI=1S/C13H15NO2/c15-12-4-2-9-7-11(3-1-10(9)8-12)14-6-5-13(14)16/h2,4,8,11,15H,1,3,5-7H2. The number of phenolic OH excluding ortho intramolecular Hbond substituents is 1. The Hall–Kier alpha value is -1.51. The third-order valence-electron chi connectivity index (χ3n) is 3.72. The minimum absolute atomic E-state index is 0.298. The van der Waals surface area contributed by atoms with E-state index in [0.29, 0.717) is 17.7 Å². The van der Waals surface area contributed by atoms with E-state index >= 15 is 0 Å². The van der Waals surface area contributed by atoms with Crippen LogP contribution >= 0.6 is 0 Å². The van der Waals surface area contributed by atoms with Crippen molar-refractivity contribution in [2.45, 2.75) is 31.7 Å². The number of β-lactam (4-membered cyclic amide) rings is 1. The number of rotatable bonds is 1. The number of likely N-dealkylation sites (tertiary alicyclic amines) is 1. The van der Waals surface area contributed by atoms with E-state index in [0.717, 1.165) is 32.2 Å². The molecule has 0 bridgehead atoms. The number of hydrogen-bond acceptors (Lipinski definition) is 2. The van der Waals surface area contributed by atoms with Gasteiger partial charge in [0.15, 0.2) is 0 Å². The van der Waals surface area contributed by atoms with Crippen molar-refractivity contribution < 1.29 is 9.90 Å². The summed E-state index contributed by atoms with van der Waals surface area (Å²) in [5.41, 5.74) is 2.53. The molecular weight excluding hydrogens is 202 g/mol. The van der Waals surface area contributed by atoms with Gasteiger partial charge in [-0.2, -0.15) is 0 Å². The van der Waals surface area contributed by atoms with Crippen LogP contribution in [-0.2, 0) is 17.6 Å². The first-order valence-corrected chi connectivity index (χ1v) is 5.84. The normalized spacial score (nSPS) is 23.9. The molecule has 1 atom stereocenters. The highest BCUT2D eigenvalue weighted by Crippen LogP contribution is 2.29. The number of aromatic hydroxyl groups is 1. The van der Waals surface area contributed by atoms with Gasteiger partial charge in [0.1, 0.15) is 5.75 Å². The Balaban J connectivity index is 1.81. The summed E-state index contributed by atoms with van der Waals surface area (Å²) >= 11 is 0. The smallest absolute Gasteiger partial charge is 0.224 e. The topological polar surface area (TPSA) is 40.5 Å². The molecule has 1 N–H and O–H groups in total. The Morgan fingerprint density at radius 1 is 1.25 bits per heavy atom. The predicted octanol–water partition coefficient (Wildman–Crippen LogP) is 1.48. The second kappa shape index (κ2) is 3.51. The van der Waals surface area contributed by atoms with Crippen LogP contribution in [0.3, 0.4) is 0 Å². The van der Waals surface area contributed by atoms with E-state index in [2.05, 4.69) is 0 Å². The van der Waals surface area contributed by atoms with Gasteiger partial charge in [-0.05, 0) is 42.5 Å². The lowest BCUT2D eigenvalue weighted by atomic mass is 9.86. The highest BCUT2D eigenvalue weighted by molar-refractivity contribution is 5.82. The van der Waals surface area contributed by atoms with E-state index in [1.807, 2.05) is 17.0 Å². The molecule has 3 nitrogen and oxygen atoms in total. The van der Waals surface area contributed by atoms with Crippen LogP contribution in [-0.4, -0.2) is 28.5 Å². The minimum atomic E-state index is 0.298. The van der Waals surface area contributed by atoms with E-state index in [1.54, 1.807) is 6.07 Å². The quantitative estimate of drug-likeness (QED) is 0.724. The van der Waals surface area contributed by atoms with Crippen LogP contribution in [0.1, 0.15) is 24.0 Å². The van der Waals surface area contributed by atoms with E-state index in [1.165, 1.54) is 11.1 Å². The summed E-state index contributed by atoms with van der Waals surface area (Å²) in [7, 11) is 0. The number of hydrogen-bond donors (Lipinski definition) is 1. The maximum Gasteiger partial charge on any atom is 0.224 e. The molecular formula is C13H15NO2. The van der Waals surface area contributed by atoms with Crippen molar-refractivity contribution >= 4 is 5.91 Å². The predicted molar refractivity (Wildman–Crippen MR) is 60.2 cm³/mol. The second-order valence-corrected chi connectivity index (χ2v) is 4.69. The molecule has 1 fully saturated rings. The van der Waals surface area contributed by atoms with Crippen molar-refractivity contribution in [3.8, 4) is 5.75 Å². The molecule has 84 valence electrons. The van der Waals surface area contributed by atoms with Gasteiger partial charge >= 0.3 is 0 Å². The molecule has 0 aromatic heterocycles. The third-order valence-corrected chi connectivity index (χ3v) is 3.72. The lowest BCUT2D eigenvalue weighted by Gasteiger charge is -2.40. The summed E-state index contributed by atoms with van der Waals surface area (Å²) in [5.74, 6) is 0.643. The molecule has 3 rings (SSSR count). The minimum Gasteiger partial charge on any atom is -0.508 e. The SMILES string of the molecule is O=C1CCN1C1CCc2cc(O)ccc2C1. The highest BCUT2D eigenvalue weighted by Gasteiger charge is 2.32. The van der Waals surface area contributed by atoms with Crippen LogP contribution in [0.15, 0.2) is 18.2 Å². The van der Waals surface area contributed by atoms with E-state index in [9.17, 15) is 9.90 Å². The van der Waals surface area contributed by atoms with Crippen LogP contribution < -0.4 is 0 Å². The molecule has 3 heteroatoms. The number of benzene rings is 1. The van der Waals surface area contributed by atoms with Crippen molar-refractivity contribution in [2.75, 3.05) is 6.54 Å². The first kappa shape index (κ1) is 9.70. The Bertz CT molecular complexity index is 442. The summed E-state index contributed by atoms with van der Waals surface area (Å²) in [6, 6.07) is 5.96. The molecule has 0 spiro atoms. The molecule has 0 saturated carbocycles. The molecule has 1 heterocycles. The molecule has 1 unspecified atom stereocenters. The fourth-order valence-corrected chi connectivity index (χ4v) is 2.71. The van der Waals surface area contributed by atoms with Crippen LogP contribution in [0.25, 0.3) is 0 Å². The molecule has 2 aliphatic rings. The molecule has 1 aromatic rings. The van der Waals surface area contributed by atoms with E-state index in [4.69, 9.17) is 0 Å². The van der Waals surface area contributed by atoms with Gasteiger partial charge in [0.25, 0.3) is 0 Å². The fraction of sp³-hybridized carbons (Fsp3) is 0.462. The van der Waals surface area contributed by atoms with Crippen molar-refractivity contribution in [1.82, 2.24) is 4.90 Å². The summed E-state index contributed by atoms with van der Waals surface area (Å²) in [6.07, 6.45) is 3.67. The van der Waals surface area contributed by atoms with Gasteiger partial charge < -0.3 is 10.0 Å². The van der Waals surface area contributed by atoms with Gasteiger partial charge in [-0.25, -0.2) is 0 Å². The largest absolute Gasteiger partial charge is 0.508 e. The van der Waals surface area contributed by atoms with E-state index in [-0.39, 0.29) is 0 Å². The monoisotopic (exact) mass is 217 g/mol. The number of amides is 1. The van der Waals surface area contributed by atoms with Crippen molar-refractivity contribution in [1.29, 1.82) is 0 Å². The molecule has 1 saturated heterocycles. The number of carbonyl (C=O) groups excluding carboxylic acids is 1. The molecule has 1 aliphatic carbocycles. The first-order valence-electron chi connectivity index (χ1n) is 5.84. The summed E-state index contributed by atoms with van der Waals surface area (Å²) in [6.45, 7) is 0.927. The van der Waals surface area contributed by atoms with Gasteiger partial charge in [0.2, 0.25) is 5.91 Å². The Morgan fingerprint density at radius 2 is 2.12 bits per heavy atom. The van der Waals surface area contributed by atoms with Crippen LogP contribution in [0.4, 0.5) is 0 Å². The number of nitrogens with zero attached hydrogens (tertiary/aromatic N) is 1. The Kier molecular flexibility index (Phi) is 2.13. The van der Waals surface area contributed by atoms with Gasteiger partial charge in [-0.1, -0.05) is 6.07 Å². The fourth-order valence-electron chi connectivity index (χ4n) is 2.71. The average molecular weight is 217 g/mol. The van der Waals surface area contributed by atoms with Gasteiger partial charge in [-0.15, -0.1) is 0 Å². The summed E-state index contributed by atoms with van der Waals surface area (Å²) in [5, 5.41) is 9.40. The number of aryl methyl sites for hydroxylation is 1. The molecule has 1 amide bonds. The van der Waals surface area contributed by atoms with Crippen molar-refractivity contribution in [3.05, 3.63) is 29.3 Å². The van der Waals surface area contributed by atoms with Gasteiger partial charge in [0, 0.05) is 19.0 Å². The lowest BCUT2D eigenvalue weighted by molar-refractivity contribution is -0.143. The van der Waals surface area contributed by atoms with Gasteiger partial charge in [0.05, 0.1) is 0 Å².